The number of aliphatic carboxylic acids is 1. The number of hydrogen-bond acceptors (Lipinski definition) is 9. The van der Waals surface area contributed by atoms with Gasteiger partial charge in [0.15, 0.2) is 0 Å². The van der Waals surface area contributed by atoms with Crippen LogP contribution < -0.4 is 24.4 Å². The molecule has 0 bridgehead atoms. The van der Waals surface area contributed by atoms with Gasteiger partial charge >= 0.3 is 12.3 Å². The van der Waals surface area contributed by atoms with Crippen LogP contribution in [0.1, 0.15) is 56.3 Å². The number of carbonyl (C=O) groups is 2. The van der Waals surface area contributed by atoms with Crippen LogP contribution in [0, 0.1) is 0 Å². The van der Waals surface area contributed by atoms with Crippen LogP contribution in [0.5, 0.6) is 17.4 Å². The molecular weight excluding hydrogens is 609 g/mol. The molecule has 1 aromatic heterocycles. The number of alkyl halides is 3. The van der Waals surface area contributed by atoms with E-state index in [1.165, 1.54) is 51.3 Å². The number of fused-ring (bicyclic) bond motifs is 2. The number of methoxy groups -OCH3 is 2. The SMILES string of the molecule is COc1cc(NC(C(=O)N2CC3(CC3)c3ccc(OC(F)(F)F)cc32)c2ccc(OC)nc2)cc(/C(C)=N/OC(C)(C)C(=O)O)c1. The first-order valence-electron chi connectivity index (χ1n) is 14.3. The molecule has 14 heteroatoms. The normalized spacial score (nSPS) is 16.0. The Kier molecular flexibility index (Phi) is 8.49. The van der Waals surface area contributed by atoms with E-state index in [9.17, 15) is 27.9 Å². The number of aromatic nitrogens is 1. The molecule has 5 rings (SSSR count). The number of carbonyl (C=O) groups excluding carboxylic acids is 1. The summed E-state index contributed by atoms with van der Waals surface area (Å²) < 4.78 is 54.1. The van der Waals surface area contributed by atoms with E-state index in [-0.39, 0.29) is 5.41 Å². The number of nitrogens with zero attached hydrogens (tertiary/aromatic N) is 3. The number of anilines is 2. The van der Waals surface area contributed by atoms with Gasteiger partial charge in [0, 0.05) is 53.2 Å². The van der Waals surface area contributed by atoms with Gasteiger partial charge in [-0.05, 0) is 63.4 Å². The number of benzene rings is 2. The molecule has 2 heterocycles. The van der Waals surface area contributed by atoms with Crippen molar-refractivity contribution >= 4 is 29.0 Å². The summed E-state index contributed by atoms with van der Waals surface area (Å²) in [4.78, 5) is 36.9. The molecule has 1 aliphatic heterocycles. The molecule has 2 aliphatic rings. The summed E-state index contributed by atoms with van der Waals surface area (Å²) in [5.41, 5.74) is 0.997. The molecule has 244 valence electrons. The highest BCUT2D eigenvalue weighted by Crippen LogP contribution is 2.57. The average molecular weight is 643 g/mol. The van der Waals surface area contributed by atoms with Crippen LogP contribution in [0.3, 0.4) is 0 Å². The van der Waals surface area contributed by atoms with Crippen molar-refractivity contribution in [1.29, 1.82) is 0 Å². The zero-order valence-electron chi connectivity index (χ0n) is 25.8. The van der Waals surface area contributed by atoms with E-state index in [0.717, 1.165) is 18.4 Å². The maximum Gasteiger partial charge on any atom is 0.573 e. The first-order valence-corrected chi connectivity index (χ1v) is 14.3. The zero-order valence-corrected chi connectivity index (χ0v) is 25.8. The highest BCUT2D eigenvalue weighted by Gasteiger charge is 2.54. The van der Waals surface area contributed by atoms with Gasteiger partial charge in [0.1, 0.15) is 17.5 Å². The molecule has 1 unspecified atom stereocenters. The number of rotatable bonds is 11. The summed E-state index contributed by atoms with van der Waals surface area (Å²) in [5.74, 6) is -1.31. The van der Waals surface area contributed by atoms with Crippen LogP contribution in [0.25, 0.3) is 0 Å². The fraction of sp³-hybridized carbons (Fsp3) is 0.375. The number of amides is 1. The van der Waals surface area contributed by atoms with Gasteiger partial charge in [-0.3, -0.25) is 4.79 Å². The van der Waals surface area contributed by atoms with Gasteiger partial charge in [-0.1, -0.05) is 11.2 Å². The number of carboxylic acids is 1. The summed E-state index contributed by atoms with van der Waals surface area (Å²) in [7, 11) is 2.93. The lowest BCUT2D eigenvalue weighted by atomic mass is 9.99. The standard InChI is InChI=1S/C32H33F3N4O7/c1-18(38-46-30(2,3)29(41)42)20-12-21(14-23(13-20)43-4)37-27(19-6-9-26(44-5)36-16-19)28(40)39-17-31(10-11-31)24-8-7-22(15-25(24)39)45-32(33,34)35/h6-9,12-16,27,37H,10-11,17H2,1-5H3,(H,41,42)/b38-18+. The van der Waals surface area contributed by atoms with Crippen LogP contribution in [-0.4, -0.2) is 60.4 Å². The third kappa shape index (κ3) is 6.80. The second-order valence-corrected chi connectivity index (χ2v) is 11.7. The minimum atomic E-state index is -4.89. The molecule has 11 nitrogen and oxygen atoms in total. The Bertz CT molecular complexity index is 1670. The zero-order chi connectivity index (χ0) is 33.4. The molecule has 46 heavy (non-hydrogen) atoms. The second-order valence-electron chi connectivity index (χ2n) is 11.7. The predicted molar refractivity (Wildman–Crippen MR) is 162 cm³/mol. The smallest absolute Gasteiger partial charge is 0.497 e. The van der Waals surface area contributed by atoms with Crippen LogP contribution in [0.15, 0.2) is 59.9 Å². The predicted octanol–water partition coefficient (Wildman–Crippen LogP) is 5.83. The fourth-order valence-electron chi connectivity index (χ4n) is 5.21. The Balaban J connectivity index is 1.52. The van der Waals surface area contributed by atoms with Crippen molar-refractivity contribution in [2.75, 3.05) is 31.0 Å². The molecule has 1 saturated carbocycles. The van der Waals surface area contributed by atoms with E-state index in [2.05, 4.69) is 20.2 Å². The summed E-state index contributed by atoms with van der Waals surface area (Å²) in [5, 5.41) is 16.6. The molecule has 1 fully saturated rings. The first-order chi connectivity index (χ1) is 21.6. The maximum atomic E-state index is 14.4. The minimum Gasteiger partial charge on any atom is -0.497 e. The summed E-state index contributed by atoms with van der Waals surface area (Å²) in [6.07, 6.45) is -1.82. The van der Waals surface area contributed by atoms with E-state index in [1.807, 2.05) is 0 Å². The molecule has 1 amide bonds. The molecule has 3 aromatic rings. The summed E-state index contributed by atoms with van der Waals surface area (Å²) in [6, 6.07) is 11.3. The molecule has 2 N–H and O–H groups in total. The first kappa shape index (κ1) is 32.4. The fourth-order valence-corrected chi connectivity index (χ4v) is 5.21. The highest BCUT2D eigenvalue weighted by molar-refractivity contribution is 6.03. The molecule has 1 aliphatic carbocycles. The van der Waals surface area contributed by atoms with Crippen molar-refractivity contribution in [1.82, 2.24) is 4.98 Å². The van der Waals surface area contributed by atoms with E-state index < -0.39 is 35.6 Å². The number of pyridine rings is 1. The molecule has 1 spiro atoms. The monoisotopic (exact) mass is 642 g/mol. The van der Waals surface area contributed by atoms with Crippen molar-refractivity contribution in [2.45, 2.75) is 57.0 Å². The van der Waals surface area contributed by atoms with Crippen molar-refractivity contribution in [3.8, 4) is 17.4 Å². The van der Waals surface area contributed by atoms with Gasteiger partial charge in [0.25, 0.3) is 5.91 Å². The van der Waals surface area contributed by atoms with Crippen molar-refractivity contribution in [3.05, 3.63) is 71.4 Å². The van der Waals surface area contributed by atoms with Crippen molar-refractivity contribution in [3.63, 3.8) is 0 Å². The largest absolute Gasteiger partial charge is 0.573 e. The number of ether oxygens (including phenoxy) is 3. The number of halogens is 3. The number of hydrogen-bond donors (Lipinski definition) is 2. The van der Waals surface area contributed by atoms with Crippen LogP contribution >= 0.6 is 0 Å². The lowest BCUT2D eigenvalue weighted by Gasteiger charge is -2.27. The number of nitrogens with one attached hydrogen (secondary N) is 1. The molecular formula is C32H33F3N4O7. The second kappa shape index (κ2) is 12.1. The number of oxime groups is 1. The Morgan fingerprint density at radius 1 is 1.04 bits per heavy atom. The highest BCUT2D eigenvalue weighted by atomic mass is 19.4. The molecule has 0 radical (unpaired) electrons. The number of carboxylic acid groups (broad SMARTS) is 1. The Morgan fingerprint density at radius 2 is 1.78 bits per heavy atom. The van der Waals surface area contributed by atoms with Gasteiger partial charge in [0.05, 0.1) is 25.6 Å². The van der Waals surface area contributed by atoms with E-state index in [4.69, 9.17) is 14.3 Å². The Hall–Kier alpha value is -5.01. The molecule has 1 atom stereocenters. The van der Waals surface area contributed by atoms with Gasteiger partial charge < -0.3 is 34.4 Å². The lowest BCUT2D eigenvalue weighted by molar-refractivity contribution is -0.274. The van der Waals surface area contributed by atoms with Gasteiger partial charge in [-0.2, -0.15) is 0 Å². The quantitative estimate of drug-likeness (QED) is 0.196. The van der Waals surface area contributed by atoms with Crippen LogP contribution in [0.2, 0.25) is 0 Å². The van der Waals surface area contributed by atoms with E-state index in [1.54, 1.807) is 43.3 Å². The van der Waals surface area contributed by atoms with Crippen molar-refractivity contribution < 1.29 is 46.9 Å². The third-order valence-electron chi connectivity index (χ3n) is 7.99. The summed E-state index contributed by atoms with van der Waals surface area (Å²) >= 11 is 0. The minimum absolute atomic E-state index is 0.296. The topological polar surface area (TPSA) is 132 Å². The van der Waals surface area contributed by atoms with Gasteiger partial charge in [0.2, 0.25) is 11.5 Å². The summed E-state index contributed by atoms with van der Waals surface area (Å²) in [6.45, 7) is 4.65. The van der Waals surface area contributed by atoms with E-state index >= 15 is 0 Å². The molecule has 2 aromatic carbocycles. The lowest BCUT2D eigenvalue weighted by Crippen LogP contribution is -2.38. The Labute approximate surface area is 262 Å². The Morgan fingerprint density at radius 3 is 2.37 bits per heavy atom. The average Bonchev–Trinajstić information content (AvgIpc) is 3.73. The molecule has 0 saturated heterocycles. The van der Waals surface area contributed by atoms with Crippen molar-refractivity contribution in [2.24, 2.45) is 5.16 Å². The maximum absolute atomic E-state index is 14.4. The van der Waals surface area contributed by atoms with Gasteiger partial charge in [-0.25, -0.2) is 9.78 Å². The third-order valence-corrected chi connectivity index (χ3v) is 7.99. The van der Waals surface area contributed by atoms with Crippen LogP contribution in [0.4, 0.5) is 24.5 Å². The van der Waals surface area contributed by atoms with E-state index in [0.29, 0.717) is 46.4 Å². The van der Waals surface area contributed by atoms with Gasteiger partial charge in [-0.15, -0.1) is 13.2 Å². The van der Waals surface area contributed by atoms with Crippen LogP contribution in [-0.2, 0) is 19.8 Å².